The minimum absolute atomic E-state index is 0.0242. The number of fused-ring (bicyclic) bond motifs is 2. The summed E-state index contributed by atoms with van der Waals surface area (Å²) in [5.74, 6) is -0.764. The van der Waals surface area contributed by atoms with Gasteiger partial charge in [0.2, 0.25) is 0 Å². The minimum Gasteiger partial charge on any atom is -0.352 e. The lowest BCUT2D eigenvalue weighted by Gasteiger charge is -2.29. The average Bonchev–Trinajstić information content (AvgIpc) is 3.32. The molecule has 0 spiro atoms. The largest absolute Gasteiger partial charge is 0.352 e. The molecule has 2 aliphatic rings. The van der Waals surface area contributed by atoms with Gasteiger partial charge < -0.3 is 9.72 Å². The van der Waals surface area contributed by atoms with Gasteiger partial charge in [0.25, 0.3) is 17.7 Å². The summed E-state index contributed by atoms with van der Waals surface area (Å²) >= 11 is 0. The van der Waals surface area contributed by atoms with Crippen LogP contribution in [0.15, 0.2) is 48.8 Å². The van der Waals surface area contributed by atoms with Gasteiger partial charge in [0, 0.05) is 37.0 Å². The van der Waals surface area contributed by atoms with Crippen LogP contribution in [0.25, 0.3) is 5.65 Å². The minimum atomic E-state index is -0.272. The average molecular weight is 416 g/mol. The van der Waals surface area contributed by atoms with E-state index in [-0.39, 0.29) is 23.8 Å². The van der Waals surface area contributed by atoms with Gasteiger partial charge >= 0.3 is 0 Å². The molecule has 1 saturated carbocycles. The number of hydrogen-bond acceptors (Lipinski definition) is 4. The molecule has 5 rings (SSSR count). The topological polar surface area (TPSA) is 83.8 Å². The maximum absolute atomic E-state index is 12.9. The molecule has 158 valence electrons. The second-order valence-electron chi connectivity index (χ2n) is 8.24. The smallest absolute Gasteiger partial charge is 0.261 e. The first-order valence-electron chi connectivity index (χ1n) is 10.8. The van der Waals surface area contributed by atoms with Crippen molar-refractivity contribution in [3.8, 4) is 0 Å². The highest BCUT2D eigenvalue weighted by Gasteiger charge is 2.40. The second-order valence-corrected chi connectivity index (χ2v) is 8.24. The molecule has 1 aliphatic heterocycles. The molecule has 1 fully saturated rings. The Labute approximate surface area is 180 Å². The van der Waals surface area contributed by atoms with Crippen molar-refractivity contribution in [2.45, 2.75) is 44.6 Å². The number of imide groups is 1. The molecule has 7 nitrogen and oxygen atoms in total. The van der Waals surface area contributed by atoms with Crippen LogP contribution < -0.4 is 5.32 Å². The lowest BCUT2D eigenvalue weighted by atomic mass is 9.94. The summed E-state index contributed by atoms with van der Waals surface area (Å²) < 4.78 is 1.94. The first kappa shape index (κ1) is 19.5. The number of rotatable bonds is 5. The second kappa shape index (κ2) is 7.98. The molecule has 1 N–H and O–H groups in total. The van der Waals surface area contributed by atoms with E-state index in [0.717, 1.165) is 43.4 Å². The van der Waals surface area contributed by atoms with Crippen molar-refractivity contribution in [3.63, 3.8) is 0 Å². The van der Waals surface area contributed by atoms with Crippen molar-refractivity contribution in [3.05, 3.63) is 71.2 Å². The summed E-state index contributed by atoms with van der Waals surface area (Å²) in [7, 11) is 0. The number of hydrogen-bond donors (Lipinski definition) is 1. The highest BCUT2D eigenvalue weighted by atomic mass is 16.2. The van der Waals surface area contributed by atoms with Gasteiger partial charge in [0.05, 0.1) is 16.8 Å². The summed E-state index contributed by atoms with van der Waals surface area (Å²) in [6.45, 7) is 0.431. The lowest BCUT2D eigenvalue weighted by molar-refractivity contribution is 0.0548. The van der Waals surface area contributed by atoms with Gasteiger partial charge in [-0.1, -0.05) is 25.3 Å². The Hall–Kier alpha value is -3.48. The number of amides is 3. The van der Waals surface area contributed by atoms with E-state index in [0.29, 0.717) is 29.7 Å². The van der Waals surface area contributed by atoms with Gasteiger partial charge in [-0.2, -0.15) is 0 Å². The number of benzene rings is 1. The van der Waals surface area contributed by atoms with Crippen LogP contribution >= 0.6 is 0 Å². The van der Waals surface area contributed by atoms with E-state index in [1.165, 1.54) is 4.90 Å². The van der Waals surface area contributed by atoms with Crippen LogP contribution in [-0.4, -0.2) is 44.6 Å². The zero-order valence-electron chi connectivity index (χ0n) is 17.2. The van der Waals surface area contributed by atoms with Crippen LogP contribution in [0.4, 0.5) is 0 Å². The third kappa shape index (κ3) is 3.60. The van der Waals surface area contributed by atoms with Crippen LogP contribution in [-0.2, 0) is 6.42 Å². The molecule has 3 aromatic rings. The Balaban J connectivity index is 1.25. The Morgan fingerprint density at radius 2 is 1.84 bits per heavy atom. The van der Waals surface area contributed by atoms with Gasteiger partial charge in [-0.15, -0.1) is 0 Å². The van der Waals surface area contributed by atoms with Gasteiger partial charge in [0.15, 0.2) is 0 Å². The summed E-state index contributed by atoms with van der Waals surface area (Å²) in [5, 5.41) is 2.89. The van der Waals surface area contributed by atoms with E-state index in [2.05, 4.69) is 10.3 Å². The quantitative estimate of drug-likeness (QED) is 0.647. The summed E-state index contributed by atoms with van der Waals surface area (Å²) in [4.78, 5) is 44.3. The van der Waals surface area contributed by atoms with Crippen molar-refractivity contribution in [2.24, 2.45) is 0 Å². The molecule has 0 radical (unpaired) electrons. The fourth-order valence-electron chi connectivity index (χ4n) is 4.59. The molecule has 0 saturated heterocycles. The van der Waals surface area contributed by atoms with Crippen LogP contribution in [0.5, 0.6) is 0 Å². The van der Waals surface area contributed by atoms with Crippen LogP contribution in [0.3, 0.4) is 0 Å². The molecular formula is C24H24N4O3. The summed E-state index contributed by atoms with van der Waals surface area (Å²) in [5.41, 5.74) is 2.89. The fraction of sp³-hybridized carbons (Fsp3) is 0.333. The van der Waals surface area contributed by atoms with E-state index in [9.17, 15) is 14.4 Å². The standard InChI is InChI=1S/C24H24N4O3/c29-22(25-12-11-17-15-27-13-5-4-8-21(27)26-17)16-9-10-19-20(14-16)24(31)28(23(19)30)18-6-2-1-3-7-18/h4-5,8-10,13-15,18H,1-3,6-7,11-12H2,(H,25,29). The molecule has 0 bridgehead atoms. The maximum Gasteiger partial charge on any atom is 0.261 e. The summed E-state index contributed by atoms with van der Waals surface area (Å²) in [6.07, 6.45) is 9.44. The fourth-order valence-corrected chi connectivity index (χ4v) is 4.59. The molecule has 3 heterocycles. The number of imidazole rings is 1. The number of carbonyl (C=O) groups is 3. The van der Waals surface area contributed by atoms with Gasteiger partial charge in [-0.3, -0.25) is 19.3 Å². The first-order valence-corrected chi connectivity index (χ1v) is 10.8. The van der Waals surface area contributed by atoms with Gasteiger partial charge in [-0.05, 0) is 43.2 Å². The normalized spacial score (nSPS) is 16.7. The summed E-state index contributed by atoms with van der Waals surface area (Å²) in [6, 6.07) is 10.6. The highest BCUT2D eigenvalue weighted by Crippen LogP contribution is 2.31. The predicted octanol–water partition coefficient (Wildman–Crippen LogP) is 3.24. The number of pyridine rings is 1. The van der Waals surface area contributed by atoms with Crippen LogP contribution in [0.2, 0.25) is 0 Å². The van der Waals surface area contributed by atoms with Crippen molar-refractivity contribution < 1.29 is 14.4 Å². The van der Waals surface area contributed by atoms with Crippen molar-refractivity contribution >= 4 is 23.4 Å². The van der Waals surface area contributed by atoms with Crippen molar-refractivity contribution in [2.75, 3.05) is 6.54 Å². The SMILES string of the molecule is O=C(NCCc1cn2ccccc2n1)c1ccc2c(c1)C(=O)N(C1CCCCC1)C2=O. The molecule has 2 aromatic heterocycles. The number of nitrogens with one attached hydrogen (secondary N) is 1. The lowest BCUT2D eigenvalue weighted by Crippen LogP contribution is -2.40. The first-order chi connectivity index (χ1) is 15.1. The van der Waals surface area contributed by atoms with Crippen LogP contribution in [0, 0.1) is 0 Å². The highest BCUT2D eigenvalue weighted by molar-refractivity contribution is 6.22. The zero-order valence-corrected chi connectivity index (χ0v) is 17.2. The Morgan fingerprint density at radius 1 is 1.03 bits per heavy atom. The van der Waals surface area contributed by atoms with E-state index in [4.69, 9.17) is 0 Å². The van der Waals surface area contributed by atoms with Gasteiger partial charge in [-0.25, -0.2) is 4.98 Å². The van der Waals surface area contributed by atoms with E-state index >= 15 is 0 Å². The molecule has 31 heavy (non-hydrogen) atoms. The van der Waals surface area contributed by atoms with Crippen LogP contribution in [0.1, 0.15) is 68.9 Å². The predicted molar refractivity (Wildman–Crippen MR) is 115 cm³/mol. The molecule has 0 atom stereocenters. The Morgan fingerprint density at radius 3 is 2.65 bits per heavy atom. The van der Waals surface area contributed by atoms with Crippen molar-refractivity contribution in [1.29, 1.82) is 0 Å². The molecule has 3 amide bonds. The molecule has 1 aromatic carbocycles. The maximum atomic E-state index is 12.9. The van der Waals surface area contributed by atoms with Gasteiger partial charge in [0.1, 0.15) is 5.65 Å². The molecule has 0 unspecified atom stereocenters. The number of carbonyl (C=O) groups excluding carboxylic acids is 3. The Kier molecular flexibility index (Phi) is 5.02. The Bertz CT molecular complexity index is 1140. The van der Waals surface area contributed by atoms with Crippen molar-refractivity contribution in [1.82, 2.24) is 19.6 Å². The third-order valence-corrected chi connectivity index (χ3v) is 6.20. The molecule has 7 heteroatoms. The number of aromatic nitrogens is 2. The van der Waals surface area contributed by atoms with E-state index < -0.39 is 0 Å². The number of nitrogens with zero attached hydrogens (tertiary/aromatic N) is 3. The van der Waals surface area contributed by atoms with E-state index in [1.54, 1.807) is 18.2 Å². The van der Waals surface area contributed by atoms with E-state index in [1.807, 2.05) is 35.0 Å². The molecule has 1 aliphatic carbocycles. The third-order valence-electron chi connectivity index (χ3n) is 6.20. The monoisotopic (exact) mass is 416 g/mol. The molecular weight excluding hydrogens is 392 g/mol. The zero-order chi connectivity index (χ0) is 21.4.